The number of hydrogen-bond donors (Lipinski definition) is 0. The van der Waals surface area contributed by atoms with Crippen molar-refractivity contribution in [1.29, 1.82) is 0 Å². The summed E-state index contributed by atoms with van der Waals surface area (Å²) < 4.78 is 26.2. The number of carbonyl (C=O) groups is 1. The summed E-state index contributed by atoms with van der Waals surface area (Å²) in [4.78, 5) is 15.1. The zero-order chi connectivity index (χ0) is 18.5. The molecule has 2 aromatic carbocycles. The Bertz CT molecular complexity index is 768. The Kier molecular flexibility index (Phi) is 5.74. The van der Waals surface area contributed by atoms with Gasteiger partial charge in [0.1, 0.15) is 11.6 Å². The highest BCUT2D eigenvalue weighted by molar-refractivity contribution is 6.14. The van der Waals surface area contributed by atoms with Crippen LogP contribution in [0, 0.1) is 11.6 Å². The van der Waals surface area contributed by atoms with Gasteiger partial charge in [-0.25, -0.2) is 8.78 Å². The topological polar surface area (TPSA) is 20.3 Å². The van der Waals surface area contributed by atoms with E-state index in [9.17, 15) is 13.6 Å². The van der Waals surface area contributed by atoms with Crippen LogP contribution in [0.3, 0.4) is 0 Å². The molecule has 1 aliphatic rings. The van der Waals surface area contributed by atoms with Crippen molar-refractivity contribution < 1.29 is 13.6 Å². The highest BCUT2D eigenvalue weighted by Crippen LogP contribution is 2.22. The molecule has 0 N–H and O–H groups in total. The molecule has 0 spiro atoms. The van der Waals surface area contributed by atoms with Crippen LogP contribution in [0.1, 0.15) is 24.5 Å². The molecular weight excluding hydrogens is 332 g/mol. The smallest absolute Gasteiger partial charge is 0.187 e. The predicted octanol–water partition coefficient (Wildman–Crippen LogP) is 4.73. The minimum Gasteiger partial charge on any atom is -0.295 e. The van der Waals surface area contributed by atoms with E-state index >= 15 is 0 Å². The molecule has 0 aliphatic carbocycles. The lowest BCUT2D eigenvalue weighted by Crippen LogP contribution is -2.38. The number of carbonyl (C=O) groups excluding carboxylic acids is 1. The summed E-state index contributed by atoms with van der Waals surface area (Å²) in [6.45, 7) is 4.13. The summed E-state index contributed by atoms with van der Waals surface area (Å²) in [6, 6.07) is 12.2. The number of halogens is 2. The van der Waals surface area contributed by atoms with Gasteiger partial charge in [0.2, 0.25) is 0 Å². The van der Waals surface area contributed by atoms with Crippen LogP contribution in [0.4, 0.5) is 8.78 Å². The Labute approximate surface area is 152 Å². The van der Waals surface area contributed by atoms with Crippen molar-refractivity contribution in [3.63, 3.8) is 0 Å². The molecule has 0 bridgehead atoms. The second-order valence-corrected chi connectivity index (χ2v) is 6.48. The molecule has 2 nitrogen and oxygen atoms in total. The molecule has 1 saturated heterocycles. The van der Waals surface area contributed by atoms with Crippen LogP contribution in [-0.2, 0) is 4.79 Å². The summed E-state index contributed by atoms with van der Waals surface area (Å²) in [6.07, 6.45) is 4.63. The summed E-state index contributed by atoms with van der Waals surface area (Å²) >= 11 is 0. The van der Waals surface area contributed by atoms with Gasteiger partial charge in [0.15, 0.2) is 5.78 Å². The van der Waals surface area contributed by atoms with E-state index in [-0.39, 0.29) is 17.4 Å². The highest BCUT2D eigenvalue weighted by Gasteiger charge is 2.25. The van der Waals surface area contributed by atoms with Gasteiger partial charge in [0, 0.05) is 24.2 Å². The Morgan fingerprint density at radius 1 is 0.846 bits per heavy atom. The molecule has 26 heavy (non-hydrogen) atoms. The fraction of sp³-hybridized carbons (Fsp3) is 0.227. The standard InChI is InChI=1S/C22H21F2NO/c1-2-11-25-14-18(12-16-3-7-20(23)8-4-16)22(26)19(15-25)13-17-5-9-21(24)10-6-17/h3-10,12-13H,2,11,14-15H2,1H3/b18-12+,19-13+. The van der Waals surface area contributed by atoms with E-state index in [0.29, 0.717) is 24.2 Å². The van der Waals surface area contributed by atoms with Crippen molar-refractivity contribution in [3.8, 4) is 0 Å². The molecule has 0 radical (unpaired) electrons. The lowest BCUT2D eigenvalue weighted by atomic mass is 9.94. The highest BCUT2D eigenvalue weighted by atomic mass is 19.1. The van der Waals surface area contributed by atoms with Crippen LogP contribution in [-0.4, -0.2) is 30.3 Å². The average molecular weight is 353 g/mol. The molecule has 134 valence electrons. The molecule has 0 amide bonds. The average Bonchev–Trinajstić information content (AvgIpc) is 2.63. The third kappa shape index (κ3) is 4.52. The molecule has 1 fully saturated rings. The van der Waals surface area contributed by atoms with Crippen molar-refractivity contribution in [1.82, 2.24) is 4.90 Å². The van der Waals surface area contributed by atoms with Crippen molar-refractivity contribution in [3.05, 3.63) is 82.4 Å². The van der Waals surface area contributed by atoms with Crippen LogP contribution >= 0.6 is 0 Å². The normalized spacial score (nSPS) is 18.7. The van der Waals surface area contributed by atoms with Crippen LogP contribution in [0.25, 0.3) is 12.2 Å². The number of rotatable bonds is 4. The lowest BCUT2D eigenvalue weighted by Gasteiger charge is -2.29. The molecule has 1 aliphatic heterocycles. The summed E-state index contributed by atoms with van der Waals surface area (Å²) in [7, 11) is 0. The Morgan fingerprint density at radius 3 is 1.65 bits per heavy atom. The quantitative estimate of drug-likeness (QED) is 0.741. The Balaban J connectivity index is 1.93. The Hall–Kier alpha value is -2.59. The molecule has 3 rings (SSSR count). The number of likely N-dealkylation sites (tertiary alicyclic amines) is 1. The monoisotopic (exact) mass is 353 g/mol. The van der Waals surface area contributed by atoms with E-state index in [1.165, 1.54) is 24.3 Å². The lowest BCUT2D eigenvalue weighted by molar-refractivity contribution is -0.113. The van der Waals surface area contributed by atoms with E-state index in [1.807, 2.05) is 12.2 Å². The van der Waals surface area contributed by atoms with Gasteiger partial charge in [0.25, 0.3) is 0 Å². The third-order valence-electron chi connectivity index (χ3n) is 4.33. The van der Waals surface area contributed by atoms with E-state index < -0.39 is 0 Å². The third-order valence-corrected chi connectivity index (χ3v) is 4.33. The van der Waals surface area contributed by atoms with Gasteiger partial charge >= 0.3 is 0 Å². The molecule has 0 unspecified atom stereocenters. The van der Waals surface area contributed by atoms with E-state index in [2.05, 4.69) is 11.8 Å². The number of nitrogens with zero attached hydrogens (tertiary/aromatic N) is 1. The van der Waals surface area contributed by atoms with Gasteiger partial charge in [-0.05, 0) is 60.5 Å². The molecule has 2 aromatic rings. The number of Topliss-reactive ketones (excluding diaryl/α,β-unsaturated/α-hetero) is 1. The molecule has 0 atom stereocenters. The number of ketones is 1. The SMILES string of the molecule is CCCN1C/C(=C\c2ccc(F)cc2)C(=O)/C(=C/c2ccc(F)cc2)C1. The van der Waals surface area contributed by atoms with E-state index in [1.54, 1.807) is 24.3 Å². The number of piperidine rings is 1. The van der Waals surface area contributed by atoms with Crippen molar-refractivity contribution >= 4 is 17.9 Å². The zero-order valence-corrected chi connectivity index (χ0v) is 14.7. The molecule has 0 aromatic heterocycles. The first-order chi connectivity index (χ1) is 12.5. The second-order valence-electron chi connectivity index (χ2n) is 6.48. The second kappa shape index (κ2) is 8.19. The largest absolute Gasteiger partial charge is 0.295 e. The fourth-order valence-electron chi connectivity index (χ4n) is 3.10. The fourth-order valence-corrected chi connectivity index (χ4v) is 3.10. The Morgan fingerprint density at radius 2 is 1.27 bits per heavy atom. The number of benzene rings is 2. The van der Waals surface area contributed by atoms with Crippen LogP contribution in [0.15, 0.2) is 59.7 Å². The van der Waals surface area contributed by atoms with Crippen molar-refractivity contribution in [2.75, 3.05) is 19.6 Å². The van der Waals surface area contributed by atoms with Crippen LogP contribution in [0.2, 0.25) is 0 Å². The van der Waals surface area contributed by atoms with Crippen molar-refractivity contribution in [2.24, 2.45) is 0 Å². The summed E-state index contributed by atoms with van der Waals surface area (Å²) in [5, 5.41) is 0. The maximum absolute atomic E-state index is 13.1. The zero-order valence-electron chi connectivity index (χ0n) is 14.7. The first kappa shape index (κ1) is 18.2. The molecule has 1 heterocycles. The van der Waals surface area contributed by atoms with Gasteiger partial charge in [0.05, 0.1) is 0 Å². The van der Waals surface area contributed by atoms with Gasteiger partial charge in [-0.3, -0.25) is 9.69 Å². The van der Waals surface area contributed by atoms with E-state index in [0.717, 1.165) is 24.1 Å². The first-order valence-electron chi connectivity index (χ1n) is 8.74. The molecule has 0 saturated carbocycles. The van der Waals surface area contributed by atoms with E-state index in [4.69, 9.17) is 0 Å². The maximum atomic E-state index is 13.1. The maximum Gasteiger partial charge on any atom is 0.187 e. The van der Waals surface area contributed by atoms with Crippen LogP contribution < -0.4 is 0 Å². The first-order valence-corrected chi connectivity index (χ1v) is 8.74. The van der Waals surface area contributed by atoms with Crippen molar-refractivity contribution in [2.45, 2.75) is 13.3 Å². The minimum absolute atomic E-state index is 0.00833. The summed E-state index contributed by atoms with van der Waals surface area (Å²) in [5.41, 5.74) is 2.97. The molecule has 4 heteroatoms. The van der Waals surface area contributed by atoms with Gasteiger partial charge < -0.3 is 0 Å². The van der Waals surface area contributed by atoms with Crippen LogP contribution in [0.5, 0.6) is 0 Å². The predicted molar refractivity (Wildman–Crippen MR) is 100 cm³/mol. The van der Waals surface area contributed by atoms with Gasteiger partial charge in [-0.2, -0.15) is 0 Å². The minimum atomic E-state index is -0.299. The van der Waals surface area contributed by atoms with Gasteiger partial charge in [-0.1, -0.05) is 31.2 Å². The molecular formula is C22H21F2NO. The number of hydrogen-bond acceptors (Lipinski definition) is 2. The summed E-state index contributed by atoms with van der Waals surface area (Å²) in [5.74, 6) is -0.607. The van der Waals surface area contributed by atoms with Gasteiger partial charge in [-0.15, -0.1) is 0 Å².